The van der Waals surface area contributed by atoms with Gasteiger partial charge >= 0.3 is 0 Å². The van der Waals surface area contributed by atoms with Crippen molar-refractivity contribution < 1.29 is 9.53 Å². The Morgan fingerprint density at radius 1 is 1.43 bits per heavy atom. The average Bonchev–Trinajstić information content (AvgIpc) is 2.87. The maximum Gasteiger partial charge on any atom is 0.270 e. The van der Waals surface area contributed by atoms with E-state index in [4.69, 9.17) is 4.74 Å². The topological polar surface area (TPSA) is 42.4 Å². The minimum Gasteiger partial charge on any atom is -0.378 e. The first kappa shape index (κ1) is 14.2. The second kappa shape index (κ2) is 5.95. The van der Waals surface area contributed by atoms with Crippen molar-refractivity contribution in [1.29, 1.82) is 0 Å². The third kappa shape index (κ3) is 2.71. The van der Waals surface area contributed by atoms with Crippen molar-refractivity contribution in [3.63, 3.8) is 0 Å². The molecule has 110 valence electrons. The first-order valence-corrected chi connectivity index (χ1v) is 7.87. The highest BCUT2D eigenvalue weighted by atomic mass is 32.1. The number of thiazole rings is 1. The number of aryl methyl sites for hydroxylation is 2. The van der Waals surface area contributed by atoms with Crippen LogP contribution in [-0.2, 0) is 17.8 Å². The summed E-state index contributed by atoms with van der Waals surface area (Å²) in [5.74, 6) is 0.0551. The van der Waals surface area contributed by atoms with Crippen LogP contribution < -0.4 is 4.90 Å². The summed E-state index contributed by atoms with van der Waals surface area (Å²) in [4.78, 5) is 19.9. The number of methoxy groups -OCH3 is 1. The maximum absolute atomic E-state index is 12.9. The Balaban J connectivity index is 1.93. The minimum absolute atomic E-state index is 0.0551. The number of hydrogen-bond donors (Lipinski definition) is 0. The summed E-state index contributed by atoms with van der Waals surface area (Å²) in [6.07, 6.45) is 2.04. The third-order valence-electron chi connectivity index (χ3n) is 3.66. The highest BCUT2D eigenvalue weighted by Gasteiger charge is 2.26. The zero-order valence-corrected chi connectivity index (χ0v) is 13.1. The molecule has 1 aromatic carbocycles. The van der Waals surface area contributed by atoms with Crippen LogP contribution >= 0.6 is 11.3 Å². The van der Waals surface area contributed by atoms with E-state index in [0.29, 0.717) is 6.61 Å². The minimum atomic E-state index is 0.0551. The third-order valence-corrected chi connectivity index (χ3v) is 4.78. The van der Waals surface area contributed by atoms with Crippen LogP contribution in [0.15, 0.2) is 24.3 Å². The van der Waals surface area contributed by atoms with Crippen LogP contribution in [-0.4, -0.2) is 24.5 Å². The number of amides is 1. The summed E-state index contributed by atoms with van der Waals surface area (Å²) in [5.41, 5.74) is 3.08. The van der Waals surface area contributed by atoms with Crippen LogP contribution in [0, 0.1) is 6.92 Å². The van der Waals surface area contributed by atoms with E-state index in [1.165, 1.54) is 16.9 Å². The van der Waals surface area contributed by atoms with E-state index >= 15 is 0 Å². The van der Waals surface area contributed by atoms with Crippen LogP contribution in [0.25, 0.3) is 0 Å². The molecule has 3 rings (SSSR count). The summed E-state index contributed by atoms with van der Waals surface area (Å²) in [6, 6.07) is 8.14. The van der Waals surface area contributed by atoms with Gasteiger partial charge in [-0.3, -0.25) is 4.79 Å². The van der Waals surface area contributed by atoms with Gasteiger partial charge in [0, 0.05) is 19.3 Å². The Kier molecular flexibility index (Phi) is 4.03. The fourth-order valence-electron chi connectivity index (χ4n) is 2.70. The summed E-state index contributed by atoms with van der Waals surface area (Å²) in [6.45, 7) is 3.11. The predicted octanol–water partition coefficient (Wildman–Crippen LogP) is 3.19. The number of nitrogens with zero attached hydrogens (tertiary/aromatic N) is 2. The van der Waals surface area contributed by atoms with Gasteiger partial charge in [0.1, 0.15) is 9.88 Å². The van der Waals surface area contributed by atoms with E-state index in [2.05, 4.69) is 11.1 Å². The van der Waals surface area contributed by atoms with Crippen LogP contribution in [0.1, 0.15) is 32.4 Å². The molecule has 0 spiro atoms. The molecule has 1 amide bonds. The van der Waals surface area contributed by atoms with Gasteiger partial charge in [0.25, 0.3) is 5.91 Å². The molecule has 0 saturated heterocycles. The molecule has 0 radical (unpaired) electrons. The molecule has 1 aliphatic heterocycles. The summed E-state index contributed by atoms with van der Waals surface area (Å²) in [7, 11) is 1.64. The van der Waals surface area contributed by atoms with Gasteiger partial charge < -0.3 is 9.64 Å². The number of rotatable bonds is 3. The highest BCUT2D eigenvalue weighted by molar-refractivity contribution is 7.13. The molecule has 0 atom stereocenters. The van der Waals surface area contributed by atoms with Crippen molar-refractivity contribution in [2.75, 3.05) is 18.6 Å². The standard InChI is InChI=1S/C16H18N2O2S/c1-11-15(21-14(17-11)10-20-2)16(19)18-9-5-7-12-6-3-4-8-13(12)18/h3-4,6,8H,5,7,9-10H2,1-2H3. The van der Waals surface area contributed by atoms with Crippen molar-refractivity contribution in [3.05, 3.63) is 45.4 Å². The monoisotopic (exact) mass is 302 g/mol. The number of fused-ring (bicyclic) bond motifs is 1. The van der Waals surface area contributed by atoms with Gasteiger partial charge in [-0.1, -0.05) is 18.2 Å². The summed E-state index contributed by atoms with van der Waals surface area (Å²) < 4.78 is 5.10. The zero-order valence-electron chi connectivity index (χ0n) is 12.3. The molecule has 21 heavy (non-hydrogen) atoms. The first-order valence-electron chi connectivity index (χ1n) is 7.05. The molecule has 0 saturated carbocycles. The molecule has 0 fully saturated rings. The number of para-hydroxylation sites is 1. The SMILES string of the molecule is COCc1nc(C)c(C(=O)N2CCCc3ccccc32)s1. The summed E-state index contributed by atoms with van der Waals surface area (Å²) >= 11 is 1.43. The van der Waals surface area contributed by atoms with Gasteiger partial charge in [-0.15, -0.1) is 11.3 Å². The van der Waals surface area contributed by atoms with Gasteiger partial charge in [0.05, 0.1) is 12.3 Å². The largest absolute Gasteiger partial charge is 0.378 e. The van der Waals surface area contributed by atoms with E-state index < -0.39 is 0 Å². The second-order valence-electron chi connectivity index (χ2n) is 5.14. The van der Waals surface area contributed by atoms with Gasteiger partial charge in [0.2, 0.25) is 0 Å². The van der Waals surface area contributed by atoms with Crippen molar-refractivity contribution in [1.82, 2.24) is 4.98 Å². The lowest BCUT2D eigenvalue weighted by atomic mass is 10.0. The van der Waals surface area contributed by atoms with Gasteiger partial charge in [-0.2, -0.15) is 0 Å². The van der Waals surface area contributed by atoms with Crippen molar-refractivity contribution >= 4 is 22.9 Å². The lowest BCUT2D eigenvalue weighted by molar-refractivity contribution is 0.0988. The smallest absolute Gasteiger partial charge is 0.270 e. The molecule has 2 heterocycles. The average molecular weight is 302 g/mol. The molecule has 1 aliphatic rings. The number of anilines is 1. The Hall–Kier alpha value is -1.72. The number of hydrogen-bond acceptors (Lipinski definition) is 4. The normalized spacial score (nSPS) is 14.1. The van der Waals surface area contributed by atoms with Crippen LogP contribution in [0.3, 0.4) is 0 Å². The molecule has 0 N–H and O–H groups in total. The molecule has 4 nitrogen and oxygen atoms in total. The van der Waals surface area contributed by atoms with Gasteiger partial charge in [-0.25, -0.2) is 4.98 Å². The van der Waals surface area contributed by atoms with Crippen molar-refractivity contribution in [3.8, 4) is 0 Å². The Morgan fingerprint density at radius 3 is 3.05 bits per heavy atom. The van der Waals surface area contributed by atoms with Crippen LogP contribution in [0.4, 0.5) is 5.69 Å². The Morgan fingerprint density at radius 2 is 2.24 bits per heavy atom. The number of ether oxygens (including phenoxy) is 1. The molecule has 0 unspecified atom stereocenters. The van der Waals surface area contributed by atoms with Crippen molar-refractivity contribution in [2.45, 2.75) is 26.4 Å². The number of carbonyl (C=O) groups is 1. The number of benzene rings is 1. The van der Waals surface area contributed by atoms with E-state index in [9.17, 15) is 4.79 Å². The zero-order chi connectivity index (χ0) is 14.8. The van der Waals surface area contributed by atoms with E-state index in [1.807, 2.05) is 30.0 Å². The lowest BCUT2D eigenvalue weighted by Gasteiger charge is -2.29. The molecule has 1 aromatic heterocycles. The van der Waals surface area contributed by atoms with E-state index in [0.717, 1.165) is 40.7 Å². The van der Waals surface area contributed by atoms with Crippen molar-refractivity contribution in [2.24, 2.45) is 0 Å². The maximum atomic E-state index is 12.9. The fourth-order valence-corrected chi connectivity index (χ4v) is 3.69. The van der Waals surface area contributed by atoms with E-state index in [-0.39, 0.29) is 5.91 Å². The molecular weight excluding hydrogens is 284 g/mol. The highest BCUT2D eigenvalue weighted by Crippen LogP contribution is 2.30. The van der Waals surface area contributed by atoms with Gasteiger partial charge in [-0.05, 0) is 31.4 Å². The first-order chi connectivity index (χ1) is 10.2. The number of carbonyl (C=O) groups excluding carboxylic acids is 1. The molecule has 5 heteroatoms. The quantitative estimate of drug-likeness (QED) is 0.874. The molecule has 2 aromatic rings. The van der Waals surface area contributed by atoms with Crippen LogP contribution in [0.5, 0.6) is 0 Å². The van der Waals surface area contributed by atoms with Crippen LogP contribution in [0.2, 0.25) is 0 Å². The molecule has 0 aliphatic carbocycles. The number of aromatic nitrogens is 1. The summed E-state index contributed by atoms with van der Waals surface area (Å²) in [5, 5.41) is 0.851. The lowest BCUT2D eigenvalue weighted by Crippen LogP contribution is -2.35. The molecular formula is C16H18N2O2S. The van der Waals surface area contributed by atoms with Gasteiger partial charge in [0.15, 0.2) is 0 Å². The fraction of sp³-hybridized carbons (Fsp3) is 0.375. The second-order valence-corrected chi connectivity index (χ2v) is 6.23. The Labute approximate surface area is 128 Å². The van der Waals surface area contributed by atoms with E-state index in [1.54, 1.807) is 7.11 Å². The molecule has 0 bridgehead atoms. The predicted molar refractivity (Wildman–Crippen MR) is 84.0 cm³/mol. The Bertz CT molecular complexity index is 666.